The molecule has 1 saturated heterocycles. The molecule has 1 aliphatic heterocycles. The number of piperazine rings is 1. The summed E-state index contributed by atoms with van der Waals surface area (Å²) in [5.41, 5.74) is 1.31. The third-order valence-electron chi connectivity index (χ3n) is 5.90. The third kappa shape index (κ3) is 5.45. The number of carbonyl (C=O) groups excluding carboxylic acids is 2. The Balaban J connectivity index is 1.25. The first kappa shape index (κ1) is 22.2. The van der Waals surface area contributed by atoms with Gasteiger partial charge in [-0.15, -0.1) is 10.2 Å². The molecule has 2 fully saturated rings. The molecule has 2 heterocycles. The quantitative estimate of drug-likeness (QED) is 0.445. The van der Waals surface area contributed by atoms with E-state index in [2.05, 4.69) is 46.3 Å². The number of hydrogen-bond donors (Lipinski definition) is 0. The average Bonchev–Trinajstić information content (AvgIpc) is 3.54. The van der Waals surface area contributed by atoms with Gasteiger partial charge in [-0.25, -0.2) is 0 Å². The van der Waals surface area contributed by atoms with Crippen molar-refractivity contribution in [2.45, 2.75) is 49.5 Å². The first-order chi connectivity index (χ1) is 15.1. The van der Waals surface area contributed by atoms with Crippen molar-refractivity contribution in [1.82, 2.24) is 20.0 Å². The number of carbonyl (C=O) groups is 2. The lowest BCUT2D eigenvalue weighted by molar-refractivity contribution is -0.130. The van der Waals surface area contributed by atoms with Crippen molar-refractivity contribution >= 4 is 40.0 Å². The van der Waals surface area contributed by atoms with Crippen LogP contribution in [-0.2, 0) is 9.59 Å². The van der Waals surface area contributed by atoms with E-state index in [1.807, 2.05) is 17.9 Å². The number of rotatable bonds is 8. The van der Waals surface area contributed by atoms with Crippen LogP contribution < -0.4 is 4.90 Å². The van der Waals surface area contributed by atoms with Gasteiger partial charge in [-0.05, 0) is 25.3 Å². The van der Waals surface area contributed by atoms with Gasteiger partial charge in [0.05, 0.1) is 5.75 Å². The fraction of sp³-hybridized carbons (Fsp3) is 0.545. The predicted molar refractivity (Wildman–Crippen MR) is 124 cm³/mol. The van der Waals surface area contributed by atoms with Crippen LogP contribution in [0.5, 0.6) is 0 Å². The lowest BCUT2D eigenvalue weighted by Crippen LogP contribution is -2.49. The molecule has 0 spiro atoms. The number of benzene rings is 1. The molecule has 2 amide bonds. The fourth-order valence-electron chi connectivity index (χ4n) is 3.84. The van der Waals surface area contributed by atoms with Crippen LogP contribution in [-0.4, -0.2) is 69.8 Å². The van der Waals surface area contributed by atoms with Gasteiger partial charge in [0.2, 0.25) is 16.9 Å². The Bertz CT molecular complexity index is 894. The normalized spacial score (nSPS) is 18.1. The van der Waals surface area contributed by atoms with Crippen molar-refractivity contribution in [2.75, 3.05) is 36.8 Å². The number of nitrogens with zero attached hydrogens (tertiary/aromatic N) is 5. The van der Waals surface area contributed by atoms with Gasteiger partial charge < -0.3 is 4.90 Å². The Hall–Kier alpha value is -1.97. The molecule has 2 aromatic rings. The molecule has 9 heteroatoms. The van der Waals surface area contributed by atoms with E-state index in [0.717, 1.165) is 43.4 Å². The van der Waals surface area contributed by atoms with Crippen molar-refractivity contribution in [3.8, 4) is 0 Å². The summed E-state index contributed by atoms with van der Waals surface area (Å²) >= 11 is 2.83. The summed E-state index contributed by atoms with van der Waals surface area (Å²) in [6.07, 6.45) is 2.52. The van der Waals surface area contributed by atoms with Gasteiger partial charge in [0.15, 0.2) is 4.34 Å². The maximum absolute atomic E-state index is 12.7. The maximum Gasteiger partial charge on any atom is 0.233 e. The SMILES string of the molecule is CCC(=O)N(c1nnc(SCC(=O)N2CCN([C@H](C)c3ccccc3)CC2)s1)C1CC1. The topological polar surface area (TPSA) is 69.6 Å². The molecule has 0 bridgehead atoms. The molecule has 2 aliphatic rings. The molecule has 1 atom stereocenters. The number of thioether (sulfide) groups is 1. The molecule has 0 radical (unpaired) electrons. The van der Waals surface area contributed by atoms with Crippen LogP contribution in [0.1, 0.15) is 44.7 Å². The fourth-order valence-corrected chi connectivity index (χ4v) is 5.68. The standard InChI is InChI=1S/C22H29N5O2S2/c1-3-19(28)27(18-9-10-18)21-23-24-22(31-21)30-15-20(29)26-13-11-25(12-14-26)16(2)17-7-5-4-6-8-17/h4-8,16,18H,3,9-15H2,1-2H3/t16-/m1/s1. The van der Waals surface area contributed by atoms with E-state index >= 15 is 0 Å². The van der Waals surface area contributed by atoms with Gasteiger partial charge in [-0.2, -0.15) is 0 Å². The lowest BCUT2D eigenvalue weighted by Gasteiger charge is -2.38. The monoisotopic (exact) mass is 459 g/mol. The Morgan fingerprint density at radius 1 is 1.16 bits per heavy atom. The zero-order chi connectivity index (χ0) is 21.8. The third-order valence-corrected chi connectivity index (χ3v) is 7.94. The summed E-state index contributed by atoms with van der Waals surface area (Å²) in [5.74, 6) is 0.583. The van der Waals surface area contributed by atoms with Gasteiger partial charge >= 0.3 is 0 Å². The number of anilines is 1. The molecule has 0 N–H and O–H groups in total. The van der Waals surface area contributed by atoms with Gasteiger partial charge in [0.25, 0.3) is 0 Å². The van der Waals surface area contributed by atoms with E-state index in [1.54, 1.807) is 4.90 Å². The summed E-state index contributed by atoms with van der Waals surface area (Å²) in [6.45, 7) is 7.35. The molecule has 1 aromatic carbocycles. The van der Waals surface area contributed by atoms with Crippen LogP contribution in [0.25, 0.3) is 0 Å². The van der Waals surface area contributed by atoms with Crippen LogP contribution in [0.15, 0.2) is 34.7 Å². The molecule has 4 rings (SSSR count). The minimum Gasteiger partial charge on any atom is -0.339 e. The summed E-state index contributed by atoms with van der Waals surface area (Å²) in [5, 5.41) is 9.09. The Labute approximate surface area is 191 Å². The van der Waals surface area contributed by atoms with Gasteiger partial charge in [0.1, 0.15) is 0 Å². The highest BCUT2D eigenvalue weighted by molar-refractivity contribution is 8.01. The summed E-state index contributed by atoms with van der Waals surface area (Å²) < 4.78 is 0.745. The smallest absolute Gasteiger partial charge is 0.233 e. The average molecular weight is 460 g/mol. The van der Waals surface area contributed by atoms with Crippen LogP contribution in [0.4, 0.5) is 5.13 Å². The minimum absolute atomic E-state index is 0.0916. The Morgan fingerprint density at radius 2 is 1.87 bits per heavy atom. The summed E-state index contributed by atoms with van der Waals surface area (Å²) in [7, 11) is 0. The molecular weight excluding hydrogens is 430 g/mol. The first-order valence-corrected chi connectivity index (χ1v) is 12.7. The van der Waals surface area contributed by atoms with E-state index in [-0.39, 0.29) is 17.9 Å². The molecule has 1 aromatic heterocycles. The Kier molecular flexibility index (Phi) is 7.24. The summed E-state index contributed by atoms with van der Waals surface area (Å²) in [4.78, 5) is 31.1. The van der Waals surface area contributed by atoms with Crippen molar-refractivity contribution in [2.24, 2.45) is 0 Å². The van der Waals surface area contributed by atoms with E-state index < -0.39 is 0 Å². The Morgan fingerprint density at radius 3 is 2.52 bits per heavy atom. The predicted octanol–water partition coefficient (Wildman–Crippen LogP) is 3.44. The van der Waals surface area contributed by atoms with E-state index in [4.69, 9.17) is 0 Å². The molecule has 1 aliphatic carbocycles. The largest absolute Gasteiger partial charge is 0.339 e. The van der Waals surface area contributed by atoms with Crippen molar-refractivity contribution in [3.05, 3.63) is 35.9 Å². The molecule has 166 valence electrons. The van der Waals surface area contributed by atoms with E-state index in [9.17, 15) is 9.59 Å². The van der Waals surface area contributed by atoms with Crippen LogP contribution in [0, 0.1) is 0 Å². The zero-order valence-electron chi connectivity index (χ0n) is 18.1. The van der Waals surface area contributed by atoms with Crippen LogP contribution in [0.3, 0.4) is 0 Å². The zero-order valence-corrected chi connectivity index (χ0v) is 19.7. The van der Waals surface area contributed by atoms with Crippen LogP contribution >= 0.6 is 23.1 Å². The van der Waals surface area contributed by atoms with Crippen LogP contribution in [0.2, 0.25) is 0 Å². The minimum atomic E-state index is 0.0916. The van der Waals surface area contributed by atoms with Crippen molar-refractivity contribution in [3.63, 3.8) is 0 Å². The second kappa shape index (κ2) is 10.1. The second-order valence-electron chi connectivity index (χ2n) is 7.99. The van der Waals surface area contributed by atoms with Crippen molar-refractivity contribution < 1.29 is 9.59 Å². The highest BCUT2D eigenvalue weighted by atomic mass is 32.2. The highest BCUT2D eigenvalue weighted by Gasteiger charge is 2.35. The maximum atomic E-state index is 12.7. The summed E-state index contributed by atoms with van der Waals surface area (Å²) in [6, 6.07) is 11.1. The van der Waals surface area contributed by atoms with Gasteiger partial charge in [-0.3, -0.25) is 19.4 Å². The highest BCUT2D eigenvalue weighted by Crippen LogP contribution is 2.36. The van der Waals surface area contributed by atoms with Gasteiger partial charge in [0, 0.05) is 44.7 Å². The molecule has 31 heavy (non-hydrogen) atoms. The second-order valence-corrected chi connectivity index (χ2v) is 10.2. The van der Waals surface area contributed by atoms with E-state index in [1.165, 1.54) is 28.7 Å². The van der Waals surface area contributed by atoms with Gasteiger partial charge in [-0.1, -0.05) is 60.4 Å². The van der Waals surface area contributed by atoms with Crippen molar-refractivity contribution in [1.29, 1.82) is 0 Å². The number of aromatic nitrogens is 2. The molecule has 1 saturated carbocycles. The molecule has 0 unspecified atom stereocenters. The number of hydrogen-bond acceptors (Lipinski definition) is 7. The number of amides is 2. The molecular formula is C22H29N5O2S2. The first-order valence-electron chi connectivity index (χ1n) is 10.9. The van der Waals surface area contributed by atoms with E-state index in [0.29, 0.717) is 23.3 Å². The molecule has 7 nitrogen and oxygen atoms in total. The lowest BCUT2D eigenvalue weighted by atomic mass is 10.1.